The topological polar surface area (TPSA) is 105 Å². The molecule has 0 bridgehead atoms. The van der Waals surface area contributed by atoms with Crippen LogP contribution in [-0.2, 0) is 10.5 Å². The van der Waals surface area contributed by atoms with E-state index in [2.05, 4.69) is 0 Å². The highest BCUT2D eigenvalue weighted by molar-refractivity contribution is 6.30. The molecule has 1 aliphatic rings. The average molecular weight is 281 g/mol. The maximum Gasteiger partial charge on any atom is 0.330 e. The monoisotopic (exact) mass is 280 g/mol. The zero-order valence-electron chi connectivity index (χ0n) is 8.97. The minimum atomic E-state index is -1.98. The number of aliphatic hydroxyl groups excluding tert-OH is 2. The first-order valence-corrected chi connectivity index (χ1v) is 5.39. The van der Waals surface area contributed by atoms with Crippen molar-refractivity contribution in [1.82, 2.24) is 9.55 Å². The number of alkyl halides is 1. The molecule has 18 heavy (non-hydrogen) atoms. The van der Waals surface area contributed by atoms with Crippen LogP contribution in [0.4, 0.5) is 4.39 Å². The van der Waals surface area contributed by atoms with Gasteiger partial charge < -0.3 is 14.9 Å². The Labute approximate surface area is 104 Å². The van der Waals surface area contributed by atoms with Crippen molar-refractivity contribution in [3.63, 3.8) is 0 Å². The number of rotatable bonds is 2. The van der Waals surface area contributed by atoms with E-state index in [9.17, 15) is 24.2 Å². The van der Waals surface area contributed by atoms with Gasteiger partial charge in [-0.05, 0) is 0 Å². The van der Waals surface area contributed by atoms with E-state index < -0.39 is 42.5 Å². The van der Waals surface area contributed by atoms with Crippen molar-refractivity contribution >= 4 is 11.6 Å². The van der Waals surface area contributed by atoms with Crippen molar-refractivity contribution < 1.29 is 19.3 Å². The predicted octanol–water partition coefficient (Wildman–Crippen LogP) is -1.44. The molecule has 1 aromatic rings. The SMILES string of the molecule is O=c1[nH]c(=O)n([C@@]2(CO)OC[C@H](F)[C@@H]2O)cc1Cl. The van der Waals surface area contributed by atoms with E-state index in [-0.39, 0.29) is 5.02 Å². The van der Waals surface area contributed by atoms with Gasteiger partial charge >= 0.3 is 5.69 Å². The lowest BCUT2D eigenvalue weighted by Crippen LogP contribution is -2.53. The Kier molecular flexibility index (Phi) is 3.28. The number of aromatic amines is 1. The fourth-order valence-corrected chi connectivity index (χ4v) is 1.98. The van der Waals surface area contributed by atoms with Gasteiger partial charge in [-0.15, -0.1) is 0 Å². The first-order chi connectivity index (χ1) is 8.42. The molecule has 3 N–H and O–H groups in total. The molecule has 0 unspecified atom stereocenters. The molecule has 9 heteroatoms. The molecule has 0 saturated carbocycles. The third kappa shape index (κ3) is 1.77. The molecule has 0 radical (unpaired) electrons. The Morgan fingerprint density at radius 1 is 1.67 bits per heavy atom. The minimum absolute atomic E-state index is 0.347. The van der Waals surface area contributed by atoms with Crippen LogP contribution in [0.25, 0.3) is 0 Å². The zero-order valence-corrected chi connectivity index (χ0v) is 9.72. The molecule has 2 rings (SSSR count). The van der Waals surface area contributed by atoms with E-state index >= 15 is 0 Å². The van der Waals surface area contributed by atoms with Gasteiger partial charge in [0.2, 0.25) is 5.72 Å². The molecule has 0 spiro atoms. The highest BCUT2D eigenvalue weighted by Gasteiger charge is 2.52. The number of hydrogen-bond donors (Lipinski definition) is 3. The first-order valence-electron chi connectivity index (χ1n) is 5.01. The number of ether oxygens (including phenoxy) is 1. The van der Waals surface area contributed by atoms with Gasteiger partial charge in [-0.25, -0.2) is 9.18 Å². The van der Waals surface area contributed by atoms with E-state index in [1.54, 1.807) is 0 Å². The summed E-state index contributed by atoms with van der Waals surface area (Å²) in [5.41, 5.74) is -3.77. The Bertz CT molecular complexity index is 573. The molecule has 0 amide bonds. The van der Waals surface area contributed by atoms with Crippen LogP contribution < -0.4 is 11.2 Å². The van der Waals surface area contributed by atoms with Gasteiger partial charge in [-0.1, -0.05) is 11.6 Å². The number of halogens is 2. The third-order valence-corrected chi connectivity index (χ3v) is 3.10. The van der Waals surface area contributed by atoms with Crippen LogP contribution >= 0.6 is 11.6 Å². The summed E-state index contributed by atoms with van der Waals surface area (Å²) in [5, 5.41) is 18.6. The van der Waals surface area contributed by atoms with E-state index in [0.29, 0.717) is 4.57 Å². The molecule has 2 heterocycles. The summed E-state index contributed by atoms with van der Waals surface area (Å²) in [6, 6.07) is 0. The molecule has 1 saturated heterocycles. The lowest BCUT2D eigenvalue weighted by molar-refractivity contribution is -0.153. The molecule has 7 nitrogen and oxygen atoms in total. The van der Waals surface area contributed by atoms with Crippen LogP contribution in [0.15, 0.2) is 15.8 Å². The fraction of sp³-hybridized carbons (Fsp3) is 0.556. The van der Waals surface area contributed by atoms with Crippen LogP contribution in [0.1, 0.15) is 0 Å². The number of aromatic nitrogens is 2. The normalized spacial score (nSPS) is 31.8. The van der Waals surface area contributed by atoms with Gasteiger partial charge in [-0.3, -0.25) is 14.3 Å². The summed E-state index contributed by atoms with van der Waals surface area (Å²) in [6.07, 6.45) is -2.61. The summed E-state index contributed by atoms with van der Waals surface area (Å²) >= 11 is 5.55. The molecule has 1 fully saturated rings. The molecular weight excluding hydrogens is 271 g/mol. The quantitative estimate of drug-likeness (QED) is 0.616. The van der Waals surface area contributed by atoms with E-state index in [4.69, 9.17) is 16.3 Å². The van der Waals surface area contributed by atoms with Crippen LogP contribution in [0.5, 0.6) is 0 Å². The van der Waals surface area contributed by atoms with E-state index in [1.807, 2.05) is 4.98 Å². The minimum Gasteiger partial charge on any atom is -0.391 e. The Hall–Kier alpha value is -1.22. The predicted molar refractivity (Wildman–Crippen MR) is 58.2 cm³/mol. The molecule has 3 atom stereocenters. The molecule has 0 aliphatic carbocycles. The maximum absolute atomic E-state index is 13.3. The second-order valence-corrected chi connectivity index (χ2v) is 4.29. The second kappa shape index (κ2) is 4.47. The molecule has 1 aromatic heterocycles. The first kappa shape index (κ1) is 13.2. The van der Waals surface area contributed by atoms with E-state index in [0.717, 1.165) is 6.20 Å². The largest absolute Gasteiger partial charge is 0.391 e. The van der Waals surface area contributed by atoms with Gasteiger partial charge in [0.25, 0.3) is 5.56 Å². The summed E-state index contributed by atoms with van der Waals surface area (Å²) in [6.45, 7) is -1.33. The smallest absolute Gasteiger partial charge is 0.330 e. The molecule has 0 aromatic carbocycles. The van der Waals surface area contributed by atoms with Crippen molar-refractivity contribution in [2.75, 3.05) is 13.2 Å². The van der Waals surface area contributed by atoms with Crippen molar-refractivity contribution in [3.8, 4) is 0 Å². The van der Waals surface area contributed by atoms with Crippen molar-refractivity contribution in [3.05, 3.63) is 32.1 Å². The summed E-state index contributed by atoms with van der Waals surface area (Å²) in [7, 11) is 0. The number of hydrogen-bond acceptors (Lipinski definition) is 5. The number of aliphatic hydroxyl groups is 2. The van der Waals surface area contributed by atoms with Gasteiger partial charge in [0.05, 0.1) is 13.2 Å². The lowest BCUT2D eigenvalue weighted by atomic mass is 10.1. The van der Waals surface area contributed by atoms with Gasteiger partial charge in [-0.2, -0.15) is 0 Å². The zero-order chi connectivity index (χ0) is 13.5. The summed E-state index contributed by atoms with van der Waals surface area (Å²) in [5.74, 6) is 0. The summed E-state index contributed by atoms with van der Waals surface area (Å²) in [4.78, 5) is 24.6. The van der Waals surface area contributed by atoms with Crippen molar-refractivity contribution in [2.45, 2.75) is 18.0 Å². The number of H-pyrrole nitrogens is 1. The number of nitrogens with zero attached hydrogens (tertiary/aromatic N) is 1. The fourth-order valence-electron chi connectivity index (χ4n) is 1.84. The van der Waals surface area contributed by atoms with Gasteiger partial charge in [0.15, 0.2) is 6.17 Å². The van der Waals surface area contributed by atoms with Crippen LogP contribution in [0.2, 0.25) is 5.02 Å². The summed E-state index contributed by atoms with van der Waals surface area (Å²) < 4.78 is 19.0. The average Bonchev–Trinajstić information content (AvgIpc) is 2.62. The van der Waals surface area contributed by atoms with E-state index in [1.165, 1.54) is 0 Å². The second-order valence-electron chi connectivity index (χ2n) is 3.88. The van der Waals surface area contributed by atoms with Crippen molar-refractivity contribution in [1.29, 1.82) is 0 Å². The highest BCUT2D eigenvalue weighted by Crippen LogP contribution is 2.31. The lowest BCUT2D eigenvalue weighted by Gasteiger charge is -2.31. The highest BCUT2D eigenvalue weighted by atomic mass is 35.5. The standard InChI is InChI=1S/C9H10ClFN2O5/c10-4-1-13(8(17)12-7(4)16)9(3-14)6(15)5(11)2-18-9/h1,5-6,14-15H,2-3H2,(H,12,16,17)/t5-,6-,9-/m0/s1. The molecular formula is C9H10ClFN2O5. The van der Waals surface area contributed by atoms with Crippen LogP contribution in [0, 0.1) is 0 Å². The third-order valence-electron chi connectivity index (χ3n) is 2.83. The van der Waals surface area contributed by atoms with Crippen LogP contribution in [-0.4, -0.2) is 45.3 Å². The van der Waals surface area contributed by atoms with Crippen LogP contribution in [0.3, 0.4) is 0 Å². The van der Waals surface area contributed by atoms with Gasteiger partial charge in [0, 0.05) is 6.20 Å². The molecule has 100 valence electrons. The Morgan fingerprint density at radius 3 is 2.83 bits per heavy atom. The Balaban J connectivity index is 2.63. The number of nitrogens with one attached hydrogen (secondary N) is 1. The maximum atomic E-state index is 13.3. The van der Waals surface area contributed by atoms with Gasteiger partial charge in [0.1, 0.15) is 11.1 Å². The van der Waals surface area contributed by atoms with Crippen molar-refractivity contribution in [2.24, 2.45) is 0 Å². The Morgan fingerprint density at radius 2 is 2.33 bits per heavy atom. The molecule has 1 aliphatic heterocycles.